The smallest absolute Gasteiger partial charge is 0.151 e. The van der Waals surface area contributed by atoms with Gasteiger partial charge in [0, 0.05) is 31.6 Å². The maximum atomic E-state index is 9.82. The summed E-state index contributed by atoms with van der Waals surface area (Å²) < 4.78 is 0. The maximum absolute atomic E-state index is 9.82. The number of aliphatic hydroxyl groups excluding tert-OH is 1. The Morgan fingerprint density at radius 1 is 1.19 bits per heavy atom. The Hall–Kier alpha value is -1.20. The predicted molar refractivity (Wildman–Crippen MR) is 81.4 cm³/mol. The third kappa shape index (κ3) is 2.64. The van der Waals surface area contributed by atoms with Crippen molar-refractivity contribution in [2.24, 2.45) is 5.92 Å². The lowest BCUT2D eigenvalue weighted by Gasteiger charge is -2.40. The van der Waals surface area contributed by atoms with E-state index in [4.69, 9.17) is 0 Å². The first kappa shape index (κ1) is 13.5. The second kappa shape index (κ2) is 5.54. The lowest BCUT2D eigenvalue weighted by molar-refractivity contribution is 0.145. The molecule has 1 saturated heterocycles. The highest BCUT2D eigenvalue weighted by atomic mass is 16.3. The minimum atomic E-state index is -0.135. The molecule has 1 aliphatic heterocycles. The maximum Gasteiger partial charge on any atom is 0.151 e. The lowest BCUT2D eigenvalue weighted by atomic mass is 9.99. The Kier molecular flexibility index (Phi) is 3.55. The van der Waals surface area contributed by atoms with E-state index in [0.717, 1.165) is 57.6 Å². The van der Waals surface area contributed by atoms with Gasteiger partial charge < -0.3 is 15.3 Å². The summed E-state index contributed by atoms with van der Waals surface area (Å²) in [5.74, 6) is 1.72. The minimum absolute atomic E-state index is 0.135. The van der Waals surface area contributed by atoms with Crippen LogP contribution in [0, 0.1) is 5.92 Å². The average Bonchev–Trinajstić information content (AvgIpc) is 3.05. The van der Waals surface area contributed by atoms with Gasteiger partial charge in [0.05, 0.1) is 11.8 Å². The van der Waals surface area contributed by atoms with Gasteiger partial charge in [-0.3, -0.25) is 0 Å². The minimum Gasteiger partial charge on any atom is -0.392 e. The molecule has 5 heteroatoms. The summed E-state index contributed by atoms with van der Waals surface area (Å²) in [7, 11) is 0. The number of aryl methyl sites for hydroxylation is 2. The third-order valence-electron chi connectivity index (χ3n) is 5.24. The topological polar surface area (TPSA) is 61.3 Å². The van der Waals surface area contributed by atoms with E-state index in [1.165, 1.54) is 17.7 Å². The summed E-state index contributed by atoms with van der Waals surface area (Å²) in [6.07, 6.45) is 6.58. The summed E-state index contributed by atoms with van der Waals surface area (Å²) in [6.45, 7) is 3.13. The number of nitrogens with one attached hydrogen (secondary N) is 1. The van der Waals surface area contributed by atoms with Gasteiger partial charge in [-0.1, -0.05) is 0 Å². The molecule has 1 aromatic rings. The Labute approximate surface area is 125 Å². The zero-order chi connectivity index (χ0) is 14.2. The number of hydrogen-bond acceptors (Lipinski definition) is 5. The Bertz CT molecular complexity index is 515. The molecule has 0 aromatic carbocycles. The fourth-order valence-electron chi connectivity index (χ4n) is 3.85. The number of anilines is 1. The molecule has 2 N–H and O–H groups in total. The predicted octanol–water partition coefficient (Wildman–Crippen LogP) is 0.904. The van der Waals surface area contributed by atoms with Crippen molar-refractivity contribution in [3.05, 3.63) is 17.3 Å². The normalized spacial score (nSPS) is 28.7. The molecule has 3 aliphatic rings. The van der Waals surface area contributed by atoms with Crippen LogP contribution in [0.1, 0.15) is 36.9 Å². The van der Waals surface area contributed by atoms with E-state index in [-0.39, 0.29) is 6.10 Å². The van der Waals surface area contributed by atoms with E-state index >= 15 is 0 Å². The molecule has 2 fully saturated rings. The Morgan fingerprint density at radius 2 is 2.10 bits per heavy atom. The van der Waals surface area contributed by atoms with Crippen molar-refractivity contribution in [1.82, 2.24) is 15.5 Å². The zero-order valence-corrected chi connectivity index (χ0v) is 12.5. The first-order chi connectivity index (χ1) is 10.3. The van der Waals surface area contributed by atoms with Gasteiger partial charge in [-0.15, -0.1) is 5.10 Å². The third-order valence-corrected chi connectivity index (χ3v) is 5.24. The fraction of sp³-hybridized carbons (Fsp3) is 0.750. The molecule has 0 radical (unpaired) electrons. The van der Waals surface area contributed by atoms with Gasteiger partial charge in [0.2, 0.25) is 0 Å². The molecule has 2 unspecified atom stereocenters. The summed E-state index contributed by atoms with van der Waals surface area (Å²) >= 11 is 0. The molecule has 21 heavy (non-hydrogen) atoms. The van der Waals surface area contributed by atoms with Gasteiger partial charge in [-0.2, -0.15) is 5.10 Å². The van der Waals surface area contributed by atoms with Crippen LogP contribution in [0.4, 0.5) is 5.82 Å². The second-order valence-corrected chi connectivity index (χ2v) is 6.81. The van der Waals surface area contributed by atoms with E-state index < -0.39 is 0 Å². The first-order valence-corrected chi connectivity index (χ1v) is 8.31. The van der Waals surface area contributed by atoms with Crippen LogP contribution >= 0.6 is 0 Å². The van der Waals surface area contributed by atoms with Crippen molar-refractivity contribution < 1.29 is 5.11 Å². The number of fused-ring (bicyclic) bond motifs is 1. The van der Waals surface area contributed by atoms with Crippen LogP contribution in [-0.4, -0.2) is 47.1 Å². The van der Waals surface area contributed by atoms with Crippen LogP contribution in [0.5, 0.6) is 0 Å². The highest BCUT2D eigenvalue weighted by Crippen LogP contribution is 2.27. The summed E-state index contributed by atoms with van der Waals surface area (Å²) in [5, 5.41) is 22.1. The number of rotatable bonds is 4. The van der Waals surface area contributed by atoms with Crippen LogP contribution in [0.25, 0.3) is 0 Å². The molecule has 1 aromatic heterocycles. The average molecular weight is 288 g/mol. The molecule has 4 rings (SSSR count). The number of aliphatic hydroxyl groups is 1. The largest absolute Gasteiger partial charge is 0.392 e. The highest BCUT2D eigenvalue weighted by Gasteiger charge is 2.31. The molecule has 0 bridgehead atoms. The second-order valence-electron chi connectivity index (χ2n) is 6.81. The molecular weight excluding hydrogens is 264 g/mol. The Morgan fingerprint density at radius 3 is 2.90 bits per heavy atom. The first-order valence-electron chi connectivity index (χ1n) is 8.31. The van der Waals surface area contributed by atoms with E-state index in [2.05, 4.69) is 26.5 Å². The van der Waals surface area contributed by atoms with Gasteiger partial charge in [0.15, 0.2) is 5.82 Å². The number of aromatic nitrogens is 2. The molecule has 0 spiro atoms. The lowest BCUT2D eigenvalue weighted by Crippen LogP contribution is -2.53. The van der Waals surface area contributed by atoms with E-state index in [1.807, 2.05) is 0 Å². The van der Waals surface area contributed by atoms with Crippen LogP contribution in [0.15, 0.2) is 6.07 Å². The number of hydrogen-bond donors (Lipinski definition) is 2. The molecule has 0 amide bonds. The molecule has 114 valence electrons. The van der Waals surface area contributed by atoms with Crippen molar-refractivity contribution in [2.75, 3.05) is 24.5 Å². The summed E-state index contributed by atoms with van der Waals surface area (Å²) in [5.41, 5.74) is 2.60. The Balaban J connectivity index is 1.27. The van der Waals surface area contributed by atoms with Gasteiger partial charge in [0.1, 0.15) is 0 Å². The number of nitrogens with zero attached hydrogens (tertiary/aromatic N) is 3. The molecule has 1 saturated carbocycles. The van der Waals surface area contributed by atoms with Crippen molar-refractivity contribution in [3.63, 3.8) is 0 Å². The molecule has 2 atom stereocenters. The van der Waals surface area contributed by atoms with E-state index in [0.29, 0.717) is 12.0 Å². The summed E-state index contributed by atoms with van der Waals surface area (Å²) in [4.78, 5) is 2.32. The van der Waals surface area contributed by atoms with Gasteiger partial charge in [0.25, 0.3) is 0 Å². The highest BCUT2D eigenvalue weighted by molar-refractivity contribution is 5.45. The van der Waals surface area contributed by atoms with Crippen molar-refractivity contribution in [2.45, 2.75) is 50.7 Å². The van der Waals surface area contributed by atoms with Gasteiger partial charge in [-0.25, -0.2) is 0 Å². The van der Waals surface area contributed by atoms with E-state index in [9.17, 15) is 5.11 Å². The monoisotopic (exact) mass is 288 g/mol. The van der Waals surface area contributed by atoms with Crippen LogP contribution in [-0.2, 0) is 12.8 Å². The van der Waals surface area contributed by atoms with Gasteiger partial charge in [-0.05, 0) is 50.2 Å². The van der Waals surface area contributed by atoms with Crippen molar-refractivity contribution >= 4 is 5.82 Å². The van der Waals surface area contributed by atoms with Crippen molar-refractivity contribution in [3.8, 4) is 0 Å². The van der Waals surface area contributed by atoms with Crippen LogP contribution < -0.4 is 10.2 Å². The van der Waals surface area contributed by atoms with Crippen LogP contribution in [0.2, 0.25) is 0 Å². The fourth-order valence-corrected chi connectivity index (χ4v) is 3.85. The molecule has 2 aliphatic carbocycles. The quantitative estimate of drug-likeness (QED) is 0.862. The summed E-state index contributed by atoms with van der Waals surface area (Å²) in [6, 6.07) is 2.55. The standard InChI is InChI=1S/C16H24N4O/c21-15-6-2-5-14(15)17-8-11-9-20(10-11)16-7-12-3-1-4-13(12)18-19-16/h7,11,14-15,17,21H,1-6,8-10H2. The zero-order valence-electron chi connectivity index (χ0n) is 12.5. The van der Waals surface area contributed by atoms with Crippen molar-refractivity contribution in [1.29, 1.82) is 0 Å². The van der Waals surface area contributed by atoms with Crippen LogP contribution in [0.3, 0.4) is 0 Å². The molecule has 5 nitrogen and oxygen atoms in total. The van der Waals surface area contributed by atoms with E-state index in [1.54, 1.807) is 0 Å². The molecule has 2 heterocycles. The molecular formula is C16H24N4O. The van der Waals surface area contributed by atoms with Gasteiger partial charge >= 0.3 is 0 Å². The SMILES string of the molecule is OC1CCCC1NCC1CN(c2cc3c(nn2)CCC3)C1.